The summed E-state index contributed by atoms with van der Waals surface area (Å²) >= 11 is 2.60. The zero-order valence-electron chi connectivity index (χ0n) is 11.0. The van der Waals surface area contributed by atoms with Gasteiger partial charge in [0.1, 0.15) is 0 Å². The summed E-state index contributed by atoms with van der Waals surface area (Å²) in [5.41, 5.74) is 3.31. The van der Waals surface area contributed by atoms with Crippen LogP contribution in [0.2, 0.25) is 0 Å². The first-order chi connectivity index (χ1) is 9.06. The highest BCUT2D eigenvalue weighted by Crippen LogP contribution is 2.28. The number of rotatable bonds is 5. The molecule has 2 atom stereocenters. The molecule has 2 N–H and O–H groups in total. The average molecular weight is 302 g/mol. The van der Waals surface area contributed by atoms with Crippen molar-refractivity contribution in [1.82, 2.24) is 15.2 Å². The van der Waals surface area contributed by atoms with Crippen molar-refractivity contribution in [3.63, 3.8) is 0 Å². The Morgan fingerprint density at radius 2 is 2.16 bits per heavy atom. The van der Waals surface area contributed by atoms with Crippen molar-refractivity contribution in [2.75, 3.05) is 11.2 Å². The molecule has 1 aliphatic rings. The largest absolute Gasteiger partial charge is 0.481 e. The molecule has 2 heterocycles. The van der Waals surface area contributed by atoms with E-state index >= 15 is 0 Å². The van der Waals surface area contributed by atoms with Crippen LogP contribution < -0.4 is 5.43 Å². The van der Waals surface area contributed by atoms with Crippen molar-refractivity contribution in [3.8, 4) is 0 Å². The van der Waals surface area contributed by atoms with Gasteiger partial charge < -0.3 is 5.11 Å². The fourth-order valence-electron chi connectivity index (χ4n) is 2.19. The molecule has 2 unspecified atom stereocenters. The number of carboxylic acid groups (broad SMARTS) is 1. The fraction of sp³-hybridized carbons (Fsp3) is 0.727. The van der Waals surface area contributed by atoms with Gasteiger partial charge >= 0.3 is 5.97 Å². The van der Waals surface area contributed by atoms with Gasteiger partial charge in [-0.1, -0.05) is 29.5 Å². The average Bonchev–Trinajstić information content (AvgIpc) is 2.79. The number of hydrogen-bond acceptors (Lipinski definition) is 7. The summed E-state index contributed by atoms with van der Waals surface area (Å²) in [6.07, 6.45) is 3.61. The van der Waals surface area contributed by atoms with Gasteiger partial charge in [-0.2, -0.15) is 0 Å². The Morgan fingerprint density at radius 1 is 1.47 bits per heavy atom. The maximum absolute atomic E-state index is 10.5. The van der Waals surface area contributed by atoms with Crippen LogP contribution >= 0.6 is 23.1 Å². The lowest BCUT2D eigenvalue weighted by atomic mass is 10.00. The molecule has 0 amide bonds. The van der Waals surface area contributed by atoms with Crippen molar-refractivity contribution in [3.05, 3.63) is 0 Å². The van der Waals surface area contributed by atoms with Gasteiger partial charge in [0.05, 0.1) is 5.75 Å². The van der Waals surface area contributed by atoms with Gasteiger partial charge in [-0.25, -0.2) is 5.01 Å². The van der Waals surface area contributed by atoms with Crippen LogP contribution in [0.1, 0.15) is 33.1 Å². The monoisotopic (exact) mass is 302 g/mol. The Balaban J connectivity index is 1.93. The third-order valence-corrected chi connectivity index (χ3v) is 5.09. The van der Waals surface area contributed by atoms with E-state index in [0.717, 1.165) is 5.13 Å². The minimum absolute atomic E-state index is 0.0190. The quantitative estimate of drug-likeness (QED) is 0.808. The van der Waals surface area contributed by atoms with E-state index in [1.807, 2.05) is 0 Å². The maximum Gasteiger partial charge on any atom is 0.313 e. The van der Waals surface area contributed by atoms with Gasteiger partial charge in [-0.3, -0.25) is 10.2 Å². The molecule has 0 radical (unpaired) electrons. The van der Waals surface area contributed by atoms with Gasteiger partial charge in [-0.15, -0.1) is 10.2 Å². The second-order valence-corrected chi connectivity index (χ2v) is 6.90. The predicted molar refractivity (Wildman–Crippen MR) is 76.5 cm³/mol. The summed E-state index contributed by atoms with van der Waals surface area (Å²) < 4.78 is 0.683. The molecule has 1 aliphatic heterocycles. The van der Waals surface area contributed by atoms with E-state index in [4.69, 9.17) is 5.11 Å². The summed E-state index contributed by atoms with van der Waals surface area (Å²) in [7, 11) is 0. The SMILES string of the molecule is CC1CCCC(C)N1Nc1nnc(SCC(=O)O)s1. The van der Waals surface area contributed by atoms with Gasteiger partial charge in [0.15, 0.2) is 4.34 Å². The van der Waals surface area contributed by atoms with E-state index in [1.54, 1.807) is 0 Å². The number of nitrogens with zero attached hydrogens (tertiary/aromatic N) is 3. The molecule has 8 heteroatoms. The molecule has 19 heavy (non-hydrogen) atoms. The molecule has 2 rings (SSSR count). The topological polar surface area (TPSA) is 78.3 Å². The standard InChI is InChI=1S/C11H18N4O2S2/c1-7-4-3-5-8(2)15(7)14-10-12-13-11(19-10)18-6-9(16)17/h7-8H,3-6H2,1-2H3,(H,12,14)(H,16,17). The van der Waals surface area contributed by atoms with E-state index < -0.39 is 5.97 Å². The van der Waals surface area contributed by atoms with Gasteiger partial charge in [0, 0.05) is 12.1 Å². The Morgan fingerprint density at radius 3 is 2.79 bits per heavy atom. The molecule has 1 aromatic rings. The number of hydrogen-bond donors (Lipinski definition) is 2. The molecular weight excluding hydrogens is 284 g/mol. The summed E-state index contributed by atoms with van der Waals surface area (Å²) in [6.45, 7) is 4.40. The first-order valence-corrected chi connectivity index (χ1v) is 8.09. The molecule has 0 aromatic carbocycles. The minimum atomic E-state index is -0.840. The van der Waals surface area contributed by atoms with Crippen LogP contribution in [0.5, 0.6) is 0 Å². The van der Waals surface area contributed by atoms with E-state index in [0.29, 0.717) is 16.4 Å². The highest BCUT2D eigenvalue weighted by atomic mass is 32.2. The van der Waals surface area contributed by atoms with Gasteiger partial charge in [0.2, 0.25) is 5.13 Å². The van der Waals surface area contributed by atoms with Crippen LogP contribution in [0, 0.1) is 0 Å². The van der Waals surface area contributed by atoms with Crippen LogP contribution in [0.4, 0.5) is 5.13 Å². The smallest absolute Gasteiger partial charge is 0.313 e. The molecule has 0 bridgehead atoms. The molecule has 1 fully saturated rings. The number of aromatic nitrogens is 2. The van der Waals surface area contributed by atoms with E-state index in [2.05, 4.69) is 34.5 Å². The number of carbonyl (C=O) groups is 1. The summed E-state index contributed by atoms with van der Waals surface area (Å²) in [6, 6.07) is 0.950. The maximum atomic E-state index is 10.5. The van der Waals surface area contributed by atoms with Gasteiger partial charge in [0.25, 0.3) is 0 Å². The van der Waals surface area contributed by atoms with Crippen LogP contribution in [-0.4, -0.2) is 44.1 Å². The molecular formula is C11H18N4O2S2. The first-order valence-electron chi connectivity index (χ1n) is 6.29. The Bertz CT molecular complexity index is 430. The number of anilines is 1. The van der Waals surface area contributed by atoms with E-state index in [1.165, 1.54) is 42.4 Å². The lowest BCUT2D eigenvalue weighted by Gasteiger charge is -2.38. The zero-order chi connectivity index (χ0) is 13.8. The highest BCUT2D eigenvalue weighted by molar-refractivity contribution is 8.01. The molecule has 0 spiro atoms. The third kappa shape index (κ3) is 4.05. The lowest BCUT2D eigenvalue weighted by molar-refractivity contribution is -0.133. The van der Waals surface area contributed by atoms with Crippen LogP contribution in [-0.2, 0) is 4.79 Å². The third-order valence-electron chi connectivity index (χ3n) is 3.14. The van der Waals surface area contributed by atoms with Crippen LogP contribution in [0.15, 0.2) is 4.34 Å². The minimum Gasteiger partial charge on any atom is -0.481 e. The van der Waals surface area contributed by atoms with Crippen molar-refractivity contribution >= 4 is 34.2 Å². The fourth-order valence-corrected chi connectivity index (χ4v) is 3.66. The highest BCUT2D eigenvalue weighted by Gasteiger charge is 2.25. The Hall–Kier alpha value is -0.860. The number of piperidine rings is 1. The normalized spacial score (nSPS) is 24.3. The molecule has 1 aromatic heterocycles. The van der Waals surface area contributed by atoms with Crippen LogP contribution in [0.3, 0.4) is 0 Å². The second-order valence-electron chi connectivity index (χ2n) is 4.70. The van der Waals surface area contributed by atoms with Crippen LogP contribution in [0.25, 0.3) is 0 Å². The molecule has 0 saturated carbocycles. The van der Waals surface area contributed by atoms with Crippen molar-refractivity contribution < 1.29 is 9.90 Å². The first kappa shape index (κ1) is 14.5. The predicted octanol–water partition coefficient (Wildman–Crippen LogP) is 2.30. The Kier molecular flexibility index (Phi) is 5.00. The summed E-state index contributed by atoms with van der Waals surface area (Å²) in [5.74, 6) is -0.821. The Labute approximate surface area is 120 Å². The molecule has 0 aliphatic carbocycles. The van der Waals surface area contributed by atoms with Crippen molar-refractivity contribution in [2.24, 2.45) is 0 Å². The number of carboxylic acids is 1. The molecule has 1 saturated heterocycles. The number of aliphatic carboxylic acids is 1. The second kappa shape index (κ2) is 6.53. The van der Waals surface area contributed by atoms with Crippen molar-refractivity contribution in [1.29, 1.82) is 0 Å². The van der Waals surface area contributed by atoms with E-state index in [-0.39, 0.29) is 5.75 Å². The van der Waals surface area contributed by atoms with E-state index in [9.17, 15) is 4.79 Å². The van der Waals surface area contributed by atoms with Gasteiger partial charge in [-0.05, 0) is 26.7 Å². The summed E-state index contributed by atoms with van der Waals surface area (Å²) in [5, 5.41) is 19.6. The molecule has 106 valence electrons. The number of thioether (sulfide) groups is 1. The lowest BCUT2D eigenvalue weighted by Crippen LogP contribution is -2.47. The zero-order valence-corrected chi connectivity index (χ0v) is 12.6. The molecule has 6 nitrogen and oxygen atoms in total. The number of hydrazine groups is 1. The van der Waals surface area contributed by atoms with Crippen molar-refractivity contribution in [2.45, 2.75) is 49.5 Å². The summed E-state index contributed by atoms with van der Waals surface area (Å²) in [4.78, 5) is 10.5. The number of nitrogens with one attached hydrogen (secondary N) is 1.